The van der Waals surface area contributed by atoms with Gasteiger partial charge in [0.15, 0.2) is 6.10 Å². The number of carbonyl (C=O) groups excluding carboxylic acids is 2. The van der Waals surface area contributed by atoms with Gasteiger partial charge in [-0.05, 0) is 44.9 Å². The van der Waals surface area contributed by atoms with E-state index in [0.29, 0.717) is 25.7 Å². The van der Waals surface area contributed by atoms with Crippen molar-refractivity contribution in [3.8, 4) is 0 Å². The van der Waals surface area contributed by atoms with Crippen molar-refractivity contribution in [1.82, 2.24) is 0 Å². The molecule has 0 aliphatic rings. The minimum atomic E-state index is -0.830. The van der Waals surface area contributed by atoms with Crippen molar-refractivity contribution in [2.45, 2.75) is 180 Å². The molecule has 6 heteroatoms. The molecule has 0 aliphatic carbocycles. The van der Waals surface area contributed by atoms with Crippen LogP contribution in [-0.4, -0.2) is 47.6 Å². The largest absolute Gasteiger partial charge is 0.462 e. The van der Waals surface area contributed by atoms with Crippen LogP contribution >= 0.6 is 0 Å². The molecule has 0 saturated carbocycles. The van der Waals surface area contributed by atoms with Crippen LogP contribution < -0.4 is 0 Å². The first-order chi connectivity index (χ1) is 22.5. The van der Waals surface area contributed by atoms with Gasteiger partial charge in [-0.25, -0.2) is 0 Å². The molecule has 0 aromatic heterocycles. The van der Waals surface area contributed by atoms with Crippen LogP contribution in [0.4, 0.5) is 0 Å². The zero-order valence-electron chi connectivity index (χ0n) is 29.7. The van der Waals surface area contributed by atoms with Crippen LogP contribution in [0.2, 0.25) is 0 Å². The summed E-state index contributed by atoms with van der Waals surface area (Å²) < 4.78 is 10.5. The predicted octanol–water partition coefficient (Wildman–Crippen LogP) is 10.4. The molecule has 0 radical (unpaired) electrons. The van der Waals surface area contributed by atoms with E-state index in [1.54, 1.807) is 6.08 Å². The lowest BCUT2D eigenvalue weighted by atomic mass is 10.0. The Labute approximate surface area is 282 Å². The number of rotatable bonds is 33. The number of aliphatic hydroxyl groups excluding tert-OH is 2. The molecule has 46 heavy (non-hydrogen) atoms. The third kappa shape index (κ3) is 33.2. The second-order valence-electron chi connectivity index (χ2n) is 12.5. The summed E-state index contributed by atoms with van der Waals surface area (Å²) in [5, 5.41) is 19.6. The Bertz CT molecular complexity index is 800. The molecule has 0 heterocycles. The highest BCUT2D eigenvalue weighted by Crippen LogP contribution is 2.14. The maximum Gasteiger partial charge on any atom is 0.306 e. The van der Waals surface area contributed by atoms with Crippen LogP contribution in [0.15, 0.2) is 48.6 Å². The van der Waals surface area contributed by atoms with Crippen molar-refractivity contribution in [3.63, 3.8) is 0 Å². The molecule has 0 bridgehead atoms. The monoisotopic (exact) mass is 647 g/mol. The average Bonchev–Trinajstić information content (AvgIpc) is 3.05. The van der Waals surface area contributed by atoms with Gasteiger partial charge in [-0.15, -0.1) is 0 Å². The molecule has 0 aromatic carbocycles. The summed E-state index contributed by atoms with van der Waals surface area (Å²) in [4.78, 5) is 24.2. The van der Waals surface area contributed by atoms with Crippen molar-refractivity contribution in [3.05, 3.63) is 48.6 Å². The minimum absolute atomic E-state index is 0.113. The number of hydrogen-bond acceptors (Lipinski definition) is 6. The molecule has 6 nitrogen and oxygen atoms in total. The lowest BCUT2D eigenvalue weighted by Crippen LogP contribution is -2.28. The van der Waals surface area contributed by atoms with Gasteiger partial charge in [0, 0.05) is 12.8 Å². The summed E-state index contributed by atoms with van der Waals surface area (Å²) in [6.07, 6.45) is 40.5. The number of allylic oxidation sites excluding steroid dienone is 6. The van der Waals surface area contributed by atoms with Crippen LogP contribution in [-0.2, 0) is 19.1 Å². The van der Waals surface area contributed by atoms with E-state index in [9.17, 15) is 19.8 Å². The first kappa shape index (κ1) is 43.8. The summed E-state index contributed by atoms with van der Waals surface area (Å²) in [6, 6.07) is 0. The van der Waals surface area contributed by atoms with Crippen LogP contribution in [0.1, 0.15) is 168 Å². The molecule has 0 aromatic rings. The van der Waals surface area contributed by atoms with Gasteiger partial charge in [-0.2, -0.15) is 0 Å². The topological polar surface area (TPSA) is 93.1 Å². The molecule has 2 N–H and O–H groups in total. The Morgan fingerprint density at radius 2 is 1.15 bits per heavy atom. The van der Waals surface area contributed by atoms with Gasteiger partial charge in [0.1, 0.15) is 6.61 Å². The van der Waals surface area contributed by atoms with Gasteiger partial charge in [0.2, 0.25) is 0 Å². The van der Waals surface area contributed by atoms with E-state index in [1.165, 1.54) is 89.9 Å². The van der Waals surface area contributed by atoms with Crippen molar-refractivity contribution in [1.29, 1.82) is 0 Å². The first-order valence-electron chi connectivity index (χ1n) is 18.8. The van der Waals surface area contributed by atoms with Crippen molar-refractivity contribution < 1.29 is 29.3 Å². The predicted molar refractivity (Wildman–Crippen MR) is 193 cm³/mol. The molecule has 0 spiro atoms. The van der Waals surface area contributed by atoms with E-state index < -0.39 is 18.2 Å². The third-order valence-corrected chi connectivity index (χ3v) is 7.96. The molecule has 0 fully saturated rings. The first-order valence-corrected chi connectivity index (χ1v) is 18.8. The summed E-state index contributed by atoms with van der Waals surface area (Å²) in [7, 11) is 0. The van der Waals surface area contributed by atoms with Gasteiger partial charge < -0.3 is 19.7 Å². The molecular formula is C40H70O6. The zero-order chi connectivity index (χ0) is 33.8. The highest BCUT2D eigenvalue weighted by Gasteiger charge is 2.15. The van der Waals surface area contributed by atoms with E-state index >= 15 is 0 Å². The fourth-order valence-electron chi connectivity index (χ4n) is 5.04. The average molecular weight is 647 g/mol. The lowest BCUT2D eigenvalue weighted by molar-refractivity contribution is -0.161. The van der Waals surface area contributed by atoms with Crippen molar-refractivity contribution in [2.24, 2.45) is 0 Å². The standard InChI is InChI=1S/C40H70O6/c1-3-5-7-9-11-13-14-15-16-17-19-21-25-29-33-39(43)45-36-38(35-41)46-40(44)34-30-26-22-24-28-32-37(42)31-27-23-20-18-12-10-8-6-4-2/h12,18,22-24,27-28,32,37-38,41-42H,3-11,13-17,19-21,25-26,29-31,33-36H2,1-2H3/b18-12-,24-22+,27-23-,32-28-/t37?,38-/m0/s1. The molecule has 266 valence electrons. The zero-order valence-corrected chi connectivity index (χ0v) is 29.7. The van der Waals surface area contributed by atoms with E-state index in [2.05, 4.69) is 32.1 Å². The number of aliphatic hydroxyl groups is 2. The normalized spacial score (nSPS) is 13.4. The minimum Gasteiger partial charge on any atom is -0.462 e. The Kier molecular flexibility index (Phi) is 34.0. The van der Waals surface area contributed by atoms with Gasteiger partial charge in [-0.1, -0.05) is 159 Å². The summed E-state index contributed by atoms with van der Waals surface area (Å²) in [6.45, 7) is 3.98. The lowest BCUT2D eigenvalue weighted by Gasteiger charge is -2.15. The maximum absolute atomic E-state index is 12.1. The molecule has 1 unspecified atom stereocenters. The van der Waals surface area contributed by atoms with Gasteiger partial charge in [0.25, 0.3) is 0 Å². The SMILES string of the molecule is CCCCC/C=C\C/C=C\CC(O)/C=C\C=C\CCCC(=O)O[C@@H](CO)COC(=O)CCCCCCCCCCCCCCCC. The Balaban J connectivity index is 3.77. The molecular weight excluding hydrogens is 576 g/mol. The van der Waals surface area contributed by atoms with Crippen molar-refractivity contribution >= 4 is 11.9 Å². The second-order valence-corrected chi connectivity index (χ2v) is 12.5. The van der Waals surface area contributed by atoms with Gasteiger partial charge in [-0.3, -0.25) is 9.59 Å². The van der Waals surface area contributed by atoms with E-state index in [0.717, 1.165) is 32.1 Å². The second kappa shape index (κ2) is 35.7. The van der Waals surface area contributed by atoms with Crippen LogP contribution in [0.5, 0.6) is 0 Å². The number of hydrogen-bond donors (Lipinski definition) is 2. The quantitative estimate of drug-likeness (QED) is 0.0319. The molecule has 0 saturated heterocycles. The molecule has 0 amide bonds. The maximum atomic E-state index is 12.1. The molecule has 2 atom stereocenters. The number of unbranched alkanes of at least 4 members (excludes halogenated alkanes) is 17. The smallest absolute Gasteiger partial charge is 0.306 e. The summed E-state index contributed by atoms with van der Waals surface area (Å²) in [5.41, 5.74) is 0. The number of ether oxygens (including phenoxy) is 2. The van der Waals surface area contributed by atoms with Crippen LogP contribution in [0.3, 0.4) is 0 Å². The van der Waals surface area contributed by atoms with E-state index in [4.69, 9.17) is 9.47 Å². The number of esters is 2. The number of carbonyl (C=O) groups is 2. The van der Waals surface area contributed by atoms with Crippen LogP contribution in [0, 0.1) is 0 Å². The fourth-order valence-corrected chi connectivity index (χ4v) is 5.04. The third-order valence-electron chi connectivity index (χ3n) is 7.96. The van der Waals surface area contributed by atoms with Crippen molar-refractivity contribution in [2.75, 3.05) is 13.2 Å². The van der Waals surface area contributed by atoms with Gasteiger partial charge in [0.05, 0.1) is 12.7 Å². The Morgan fingerprint density at radius 1 is 0.609 bits per heavy atom. The molecule has 0 rings (SSSR count). The van der Waals surface area contributed by atoms with E-state index in [1.807, 2.05) is 24.3 Å². The molecule has 0 aliphatic heterocycles. The Hall–Kier alpha value is -2.18. The fraction of sp³-hybridized carbons (Fsp3) is 0.750. The highest BCUT2D eigenvalue weighted by molar-refractivity contribution is 5.70. The highest BCUT2D eigenvalue weighted by atomic mass is 16.6. The van der Waals surface area contributed by atoms with Crippen LogP contribution in [0.25, 0.3) is 0 Å². The van der Waals surface area contributed by atoms with Gasteiger partial charge >= 0.3 is 11.9 Å². The summed E-state index contributed by atoms with van der Waals surface area (Å²) >= 11 is 0. The Morgan fingerprint density at radius 3 is 1.78 bits per heavy atom. The summed E-state index contributed by atoms with van der Waals surface area (Å²) in [5.74, 6) is -0.720. The van der Waals surface area contributed by atoms with E-state index in [-0.39, 0.29) is 25.6 Å².